The Labute approximate surface area is 107 Å². The van der Waals surface area contributed by atoms with Gasteiger partial charge in [-0.15, -0.1) is 5.10 Å². The number of aromatic nitrogens is 5. The van der Waals surface area contributed by atoms with Crippen LogP contribution in [0, 0.1) is 6.92 Å². The lowest BCUT2D eigenvalue weighted by molar-refractivity contribution is 0.477. The zero-order chi connectivity index (χ0) is 12.4. The molecule has 0 fully saturated rings. The molecule has 0 aliphatic rings. The first-order chi connectivity index (χ1) is 8.81. The maximum atomic E-state index is 5.57. The van der Waals surface area contributed by atoms with Crippen LogP contribution in [-0.4, -0.2) is 24.4 Å². The van der Waals surface area contributed by atoms with E-state index in [0.717, 1.165) is 11.4 Å². The van der Waals surface area contributed by atoms with Crippen molar-refractivity contribution in [2.75, 3.05) is 0 Å². The highest BCUT2D eigenvalue weighted by atomic mass is 32.1. The molecule has 0 bridgehead atoms. The second-order valence-electron chi connectivity index (χ2n) is 3.55. The van der Waals surface area contributed by atoms with E-state index in [2.05, 4.69) is 19.7 Å². The van der Waals surface area contributed by atoms with Crippen LogP contribution >= 0.6 is 11.5 Å². The minimum absolute atomic E-state index is 0.543. The standard InChI is InChI=1S/C11H9N5OS/c1-8-13-11(18-14-8)17-10-4-2-9(3-5-10)16-7-6-12-15-16/h2-7H,1H3. The minimum atomic E-state index is 0.543. The molecule has 1 aromatic carbocycles. The highest BCUT2D eigenvalue weighted by Gasteiger charge is 2.03. The number of aryl methyl sites for hydroxylation is 1. The fraction of sp³-hybridized carbons (Fsp3) is 0.0909. The Bertz CT molecular complexity index is 632. The molecule has 0 atom stereocenters. The summed E-state index contributed by atoms with van der Waals surface area (Å²) >= 11 is 1.24. The second-order valence-corrected chi connectivity index (χ2v) is 4.27. The SMILES string of the molecule is Cc1nsc(Oc2ccc(-n3ccnn3)cc2)n1. The van der Waals surface area contributed by atoms with Gasteiger partial charge in [0.1, 0.15) is 11.6 Å². The largest absolute Gasteiger partial charge is 0.430 e. The van der Waals surface area contributed by atoms with E-state index < -0.39 is 0 Å². The van der Waals surface area contributed by atoms with Crippen molar-refractivity contribution in [2.24, 2.45) is 0 Å². The molecule has 2 aromatic heterocycles. The van der Waals surface area contributed by atoms with E-state index in [4.69, 9.17) is 4.74 Å². The lowest BCUT2D eigenvalue weighted by Crippen LogP contribution is -1.94. The zero-order valence-electron chi connectivity index (χ0n) is 9.52. The number of hydrogen-bond donors (Lipinski definition) is 0. The predicted octanol–water partition coefficient (Wildman–Crippen LogP) is 2.22. The summed E-state index contributed by atoms with van der Waals surface area (Å²) in [6.07, 6.45) is 3.42. The summed E-state index contributed by atoms with van der Waals surface area (Å²) < 4.78 is 11.3. The number of rotatable bonds is 3. The van der Waals surface area contributed by atoms with Gasteiger partial charge in [0.25, 0.3) is 5.19 Å². The van der Waals surface area contributed by atoms with Gasteiger partial charge in [-0.05, 0) is 31.2 Å². The molecule has 7 heteroatoms. The lowest BCUT2D eigenvalue weighted by Gasteiger charge is -2.03. The molecule has 6 nitrogen and oxygen atoms in total. The quantitative estimate of drug-likeness (QED) is 0.721. The van der Waals surface area contributed by atoms with Gasteiger partial charge in [-0.2, -0.15) is 9.36 Å². The topological polar surface area (TPSA) is 65.7 Å². The van der Waals surface area contributed by atoms with Crippen molar-refractivity contribution in [1.82, 2.24) is 24.4 Å². The summed E-state index contributed by atoms with van der Waals surface area (Å²) in [6, 6.07) is 7.51. The average molecular weight is 259 g/mol. The maximum Gasteiger partial charge on any atom is 0.298 e. The molecular weight excluding hydrogens is 250 g/mol. The van der Waals surface area contributed by atoms with Crippen molar-refractivity contribution < 1.29 is 4.74 Å². The first-order valence-electron chi connectivity index (χ1n) is 5.26. The smallest absolute Gasteiger partial charge is 0.298 e. The van der Waals surface area contributed by atoms with E-state index in [-0.39, 0.29) is 0 Å². The second kappa shape index (κ2) is 4.53. The molecule has 18 heavy (non-hydrogen) atoms. The van der Waals surface area contributed by atoms with Gasteiger partial charge in [0.15, 0.2) is 0 Å². The van der Waals surface area contributed by atoms with Crippen LogP contribution < -0.4 is 4.74 Å². The van der Waals surface area contributed by atoms with Gasteiger partial charge in [0.05, 0.1) is 18.1 Å². The summed E-state index contributed by atoms with van der Waals surface area (Å²) in [5, 5.41) is 8.21. The highest BCUT2D eigenvalue weighted by molar-refractivity contribution is 7.07. The van der Waals surface area contributed by atoms with Gasteiger partial charge in [-0.3, -0.25) is 0 Å². The van der Waals surface area contributed by atoms with Gasteiger partial charge in [-0.1, -0.05) is 5.21 Å². The summed E-state index contributed by atoms with van der Waals surface area (Å²) in [4.78, 5) is 4.14. The molecule has 0 radical (unpaired) electrons. The fourth-order valence-corrected chi connectivity index (χ4v) is 1.99. The van der Waals surface area contributed by atoms with Crippen molar-refractivity contribution in [3.63, 3.8) is 0 Å². The molecule has 0 N–H and O–H groups in total. The molecule has 0 aliphatic carbocycles. The van der Waals surface area contributed by atoms with Crippen molar-refractivity contribution in [1.29, 1.82) is 0 Å². The molecule has 0 saturated heterocycles. The maximum absolute atomic E-state index is 5.57. The molecule has 0 aliphatic heterocycles. The van der Waals surface area contributed by atoms with Crippen LogP contribution in [0.2, 0.25) is 0 Å². The Morgan fingerprint density at radius 1 is 1.22 bits per heavy atom. The molecule has 3 aromatic rings. The summed E-state index contributed by atoms with van der Waals surface area (Å²) in [5.74, 6) is 1.43. The van der Waals surface area contributed by atoms with Crippen molar-refractivity contribution >= 4 is 11.5 Å². The third kappa shape index (κ3) is 2.21. The Hall–Kier alpha value is -2.28. The molecule has 2 heterocycles. The molecule has 0 spiro atoms. The number of benzene rings is 1. The average Bonchev–Trinajstić information content (AvgIpc) is 3.02. The molecule has 3 rings (SSSR count). The normalized spacial score (nSPS) is 10.5. The van der Waals surface area contributed by atoms with Crippen molar-refractivity contribution in [2.45, 2.75) is 6.92 Å². The van der Waals surface area contributed by atoms with E-state index in [1.54, 1.807) is 17.1 Å². The van der Waals surface area contributed by atoms with E-state index in [1.807, 2.05) is 31.2 Å². The van der Waals surface area contributed by atoms with Crippen LogP contribution in [0.3, 0.4) is 0 Å². The van der Waals surface area contributed by atoms with Crippen LogP contribution in [0.25, 0.3) is 5.69 Å². The van der Waals surface area contributed by atoms with Crippen LogP contribution in [-0.2, 0) is 0 Å². The first kappa shape index (κ1) is 10.8. The van der Waals surface area contributed by atoms with Crippen molar-refractivity contribution in [3.8, 4) is 16.6 Å². The summed E-state index contributed by atoms with van der Waals surface area (Å²) in [5.41, 5.74) is 0.924. The third-order valence-corrected chi connectivity index (χ3v) is 2.92. The highest BCUT2D eigenvalue weighted by Crippen LogP contribution is 2.23. The van der Waals surface area contributed by atoms with Crippen LogP contribution in [0.5, 0.6) is 10.9 Å². The summed E-state index contributed by atoms with van der Waals surface area (Å²) in [7, 11) is 0. The third-order valence-electron chi connectivity index (χ3n) is 2.24. The van der Waals surface area contributed by atoms with Crippen LogP contribution in [0.4, 0.5) is 0 Å². The Kier molecular flexibility index (Phi) is 2.73. The van der Waals surface area contributed by atoms with Crippen LogP contribution in [0.1, 0.15) is 5.82 Å². The minimum Gasteiger partial charge on any atom is -0.430 e. The summed E-state index contributed by atoms with van der Waals surface area (Å²) in [6.45, 7) is 1.83. The van der Waals surface area contributed by atoms with Gasteiger partial charge in [0, 0.05) is 11.5 Å². The predicted molar refractivity (Wildman–Crippen MR) is 66.1 cm³/mol. The number of hydrogen-bond acceptors (Lipinski definition) is 6. The first-order valence-corrected chi connectivity index (χ1v) is 6.03. The van der Waals surface area contributed by atoms with Gasteiger partial charge >= 0.3 is 0 Å². The Morgan fingerprint density at radius 2 is 2.06 bits per heavy atom. The molecular formula is C11H9N5OS. The number of nitrogens with zero attached hydrogens (tertiary/aromatic N) is 5. The van der Waals surface area contributed by atoms with Crippen molar-refractivity contribution in [3.05, 3.63) is 42.5 Å². The molecule has 90 valence electrons. The van der Waals surface area contributed by atoms with Gasteiger partial charge in [-0.25, -0.2) is 4.68 Å². The van der Waals surface area contributed by atoms with E-state index in [1.165, 1.54) is 11.5 Å². The van der Waals surface area contributed by atoms with E-state index >= 15 is 0 Å². The van der Waals surface area contributed by atoms with Gasteiger partial charge < -0.3 is 4.74 Å². The molecule has 0 saturated carbocycles. The lowest BCUT2D eigenvalue weighted by atomic mass is 10.3. The molecule has 0 amide bonds. The Balaban J connectivity index is 1.79. The van der Waals surface area contributed by atoms with Crippen LogP contribution in [0.15, 0.2) is 36.7 Å². The van der Waals surface area contributed by atoms with E-state index in [0.29, 0.717) is 11.0 Å². The fourth-order valence-electron chi connectivity index (χ4n) is 1.43. The number of ether oxygens (including phenoxy) is 1. The Morgan fingerprint density at radius 3 is 2.67 bits per heavy atom. The van der Waals surface area contributed by atoms with Gasteiger partial charge in [0.2, 0.25) is 0 Å². The zero-order valence-corrected chi connectivity index (χ0v) is 10.3. The monoisotopic (exact) mass is 259 g/mol. The van der Waals surface area contributed by atoms with E-state index in [9.17, 15) is 0 Å². The molecule has 0 unspecified atom stereocenters.